The largest absolute Gasteiger partial charge is 0.477 e. The van der Waals surface area contributed by atoms with Gasteiger partial charge in [0.05, 0.1) is 6.04 Å². The van der Waals surface area contributed by atoms with Crippen LogP contribution in [-0.2, 0) is 11.2 Å². The minimum absolute atomic E-state index is 0.00647. The average molecular weight is 386 g/mol. The summed E-state index contributed by atoms with van der Waals surface area (Å²) in [4.78, 5) is 17.2. The van der Waals surface area contributed by atoms with Crippen LogP contribution in [0.3, 0.4) is 0 Å². The van der Waals surface area contributed by atoms with E-state index in [-0.39, 0.29) is 12.0 Å². The number of hydrogen-bond acceptors (Lipinski definition) is 3. The van der Waals surface area contributed by atoms with E-state index in [9.17, 15) is 13.6 Å². The molecule has 28 heavy (non-hydrogen) atoms. The molecule has 3 atom stereocenters. The second kappa shape index (κ2) is 8.95. The van der Waals surface area contributed by atoms with Gasteiger partial charge in [-0.15, -0.1) is 0 Å². The molecule has 0 saturated heterocycles. The first kappa shape index (κ1) is 20.0. The van der Waals surface area contributed by atoms with Crippen molar-refractivity contribution >= 4 is 11.8 Å². The summed E-state index contributed by atoms with van der Waals surface area (Å²) in [6.07, 6.45) is 1.48. The Hall–Kier alpha value is -2.76. The van der Waals surface area contributed by atoms with Crippen LogP contribution in [0.1, 0.15) is 36.2 Å². The van der Waals surface area contributed by atoms with Crippen LogP contribution in [0, 0.1) is 17.6 Å². The summed E-state index contributed by atoms with van der Waals surface area (Å²) in [6.45, 7) is 4.34. The Kier molecular flexibility index (Phi) is 6.39. The summed E-state index contributed by atoms with van der Waals surface area (Å²) in [6, 6.07) is 12.7. The Balaban J connectivity index is 1.77. The van der Waals surface area contributed by atoms with Gasteiger partial charge in [-0.3, -0.25) is 4.79 Å². The van der Waals surface area contributed by atoms with Crippen molar-refractivity contribution in [3.63, 3.8) is 0 Å². The Bertz CT molecular complexity index is 835. The maximum absolute atomic E-state index is 14.0. The molecule has 2 aromatic rings. The molecule has 1 aliphatic rings. The van der Waals surface area contributed by atoms with Crippen molar-refractivity contribution in [1.82, 2.24) is 5.32 Å². The van der Waals surface area contributed by atoms with Crippen LogP contribution in [0.2, 0.25) is 0 Å². The number of aliphatic imine (C=N–C) groups is 1. The van der Waals surface area contributed by atoms with Crippen molar-refractivity contribution in [2.45, 2.75) is 38.8 Å². The molecule has 2 aromatic carbocycles. The van der Waals surface area contributed by atoms with Gasteiger partial charge in [0, 0.05) is 0 Å². The van der Waals surface area contributed by atoms with E-state index in [0.717, 1.165) is 30.5 Å². The van der Waals surface area contributed by atoms with E-state index in [0.29, 0.717) is 12.5 Å². The zero-order valence-electron chi connectivity index (χ0n) is 16.0. The number of nitrogens with one attached hydrogen (secondary N) is 1. The normalized spacial score (nSPS) is 18.1. The molecule has 3 rings (SSSR count). The van der Waals surface area contributed by atoms with Crippen LogP contribution in [-0.4, -0.2) is 30.5 Å². The van der Waals surface area contributed by atoms with Crippen LogP contribution in [0.5, 0.6) is 0 Å². The molecule has 0 saturated carbocycles. The van der Waals surface area contributed by atoms with Gasteiger partial charge in [0.1, 0.15) is 29.8 Å². The van der Waals surface area contributed by atoms with Gasteiger partial charge in [-0.25, -0.2) is 13.8 Å². The predicted octanol–water partition coefficient (Wildman–Crippen LogP) is 4.15. The lowest BCUT2D eigenvalue weighted by atomic mass is 9.98. The number of carbonyl (C=O) groups excluding carboxylic acids is 1. The Morgan fingerprint density at radius 3 is 2.50 bits per heavy atom. The fraction of sp³-hybridized carbons (Fsp3) is 0.364. The van der Waals surface area contributed by atoms with Crippen LogP contribution >= 0.6 is 0 Å². The molecule has 0 aliphatic carbocycles. The summed E-state index contributed by atoms with van der Waals surface area (Å²) in [5.41, 5.74) is 0.564. The van der Waals surface area contributed by atoms with Crippen molar-refractivity contribution in [2.24, 2.45) is 10.9 Å². The highest BCUT2D eigenvalue weighted by atomic mass is 19.1. The lowest BCUT2D eigenvalue weighted by molar-refractivity contribution is 0.0924. The molecule has 1 aliphatic heterocycles. The highest BCUT2D eigenvalue weighted by Gasteiger charge is 2.32. The second-order valence-corrected chi connectivity index (χ2v) is 7.06. The van der Waals surface area contributed by atoms with Crippen LogP contribution in [0.15, 0.2) is 53.5 Å². The number of rotatable bonds is 7. The highest BCUT2D eigenvalue weighted by molar-refractivity contribution is 5.98. The number of carbonyl (C=O) groups is 1. The van der Waals surface area contributed by atoms with Crippen LogP contribution < -0.4 is 5.32 Å². The van der Waals surface area contributed by atoms with Gasteiger partial charge in [0.2, 0.25) is 5.90 Å². The Morgan fingerprint density at radius 2 is 1.86 bits per heavy atom. The number of benzene rings is 2. The van der Waals surface area contributed by atoms with Crippen molar-refractivity contribution in [2.75, 3.05) is 6.61 Å². The fourth-order valence-electron chi connectivity index (χ4n) is 3.21. The van der Waals surface area contributed by atoms with Crippen LogP contribution in [0.4, 0.5) is 8.78 Å². The van der Waals surface area contributed by atoms with Crippen LogP contribution in [0.25, 0.3) is 0 Å². The van der Waals surface area contributed by atoms with Gasteiger partial charge < -0.3 is 10.1 Å². The third-order valence-corrected chi connectivity index (χ3v) is 5.00. The summed E-state index contributed by atoms with van der Waals surface area (Å²) in [5.74, 6) is -2.18. The molecular weight excluding hydrogens is 362 g/mol. The fourth-order valence-corrected chi connectivity index (χ4v) is 3.21. The highest BCUT2D eigenvalue weighted by Crippen LogP contribution is 2.20. The quantitative estimate of drug-likeness (QED) is 0.777. The average Bonchev–Trinajstić information content (AvgIpc) is 3.14. The van der Waals surface area contributed by atoms with E-state index in [4.69, 9.17) is 4.74 Å². The zero-order valence-corrected chi connectivity index (χ0v) is 16.0. The van der Waals surface area contributed by atoms with E-state index in [2.05, 4.69) is 10.3 Å². The molecule has 1 unspecified atom stereocenters. The smallest absolute Gasteiger partial charge is 0.257 e. The lowest BCUT2D eigenvalue weighted by Gasteiger charge is -2.23. The predicted molar refractivity (Wildman–Crippen MR) is 104 cm³/mol. The molecule has 0 bridgehead atoms. The molecule has 1 N–H and O–H groups in total. The first-order valence-corrected chi connectivity index (χ1v) is 9.48. The van der Waals surface area contributed by atoms with E-state index < -0.39 is 29.1 Å². The third kappa shape index (κ3) is 4.55. The molecule has 0 spiro atoms. The van der Waals surface area contributed by atoms with E-state index in [1.165, 1.54) is 6.07 Å². The number of halogens is 2. The van der Waals surface area contributed by atoms with E-state index in [1.54, 1.807) is 0 Å². The first-order valence-electron chi connectivity index (χ1n) is 9.48. The monoisotopic (exact) mass is 386 g/mol. The van der Waals surface area contributed by atoms with Crippen molar-refractivity contribution in [3.8, 4) is 0 Å². The van der Waals surface area contributed by atoms with Gasteiger partial charge in [-0.2, -0.15) is 0 Å². The van der Waals surface area contributed by atoms with Gasteiger partial charge in [0.15, 0.2) is 0 Å². The molecule has 1 amide bonds. The molecule has 1 heterocycles. The number of ether oxygens (including phenoxy) is 1. The molecule has 0 fully saturated rings. The SMILES string of the molecule is CC[C@H](C)[C@H](NC(=O)c1c(F)cccc1F)C1=NC(Cc2ccccc2)CO1. The molecule has 0 radical (unpaired) electrons. The topological polar surface area (TPSA) is 50.7 Å². The molecule has 148 valence electrons. The second-order valence-electron chi connectivity index (χ2n) is 7.06. The molecule has 4 nitrogen and oxygen atoms in total. The summed E-state index contributed by atoms with van der Waals surface area (Å²) >= 11 is 0. The Morgan fingerprint density at radius 1 is 1.18 bits per heavy atom. The maximum atomic E-state index is 14.0. The first-order chi connectivity index (χ1) is 13.5. The summed E-state index contributed by atoms with van der Waals surface area (Å²) in [5, 5.41) is 2.72. The number of amides is 1. The summed E-state index contributed by atoms with van der Waals surface area (Å²) in [7, 11) is 0. The zero-order chi connectivity index (χ0) is 20.1. The van der Waals surface area contributed by atoms with Crippen molar-refractivity contribution < 1.29 is 18.3 Å². The molecule has 6 heteroatoms. The standard InChI is InChI=1S/C22H24F2N2O2/c1-3-14(2)20(26-21(27)19-17(23)10-7-11-18(19)24)22-25-16(13-28-22)12-15-8-5-4-6-9-15/h4-11,14,16,20H,3,12-13H2,1-2H3,(H,26,27)/t14-,16?,20-/m0/s1. The third-order valence-electron chi connectivity index (χ3n) is 5.00. The van der Waals surface area contributed by atoms with Gasteiger partial charge in [-0.05, 0) is 30.0 Å². The van der Waals surface area contributed by atoms with Gasteiger partial charge in [-0.1, -0.05) is 56.7 Å². The van der Waals surface area contributed by atoms with Gasteiger partial charge >= 0.3 is 0 Å². The van der Waals surface area contributed by atoms with Crippen molar-refractivity contribution in [3.05, 3.63) is 71.3 Å². The Labute approximate surface area is 163 Å². The molecular formula is C22H24F2N2O2. The maximum Gasteiger partial charge on any atom is 0.257 e. The lowest BCUT2D eigenvalue weighted by Crippen LogP contribution is -2.45. The molecule has 0 aromatic heterocycles. The van der Waals surface area contributed by atoms with E-state index >= 15 is 0 Å². The van der Waals surface area contributed by atoms with Gasteiger partial charge in [0.25, 0.3) is 5.91 Å². The summed E-state index contributed by atoms with van der Waals surface area (Å²) < 4.78 is 33.7. The minimum Gasteiger partial charge on any atom is -0.477 e. The van der Waals surface area contributed by atoms with E-state index in [1.807, 2.05) is 44.2 Å². The minimum atomic E-state index is -0.892. The number of hydrogen-bond donors (Lipinski definition) is 1. The van der Waals surface area contributed by atoms with Crippen molar-refractivity contribution in [1.29, 1.82) is 0 Å². The number of nitrogens with zero attached hydrogens (tertiary/aromatic N) is 1.